The van der Waals surface area contributed by atoms with E-state index < -0.39 is 11.6 Å². The first-order chi connectivity index (χ1) is 5.98. The SMILES string of the molecule is CCCC1(O)CN(C(=O)[C@H](C)N)C1. The van der Waals surface area contributed by atoms with E-state index in [4.69, 9.17) is 5.73 Å². The third-order valence-corrected chi connectivity index (χ3v) is 2.39. The fourth-order valence-electron chi connectivity index (χ4n) is 1.73. The summed E-state index contributed by atoms with van der Waals surface area (Å²) in [6.07, 6.45) is 1.70. The van der Waals surface area contributed by atoms with Gasteiger partial charge in [-0.2, -0.15) is 0 Å². The van der Waals surface area contributed by atoms with Gasteiger partial charge < -0.3 is 15.7 Å². The van der Waals surface area contributed by atoms with Gasteiger partial charge in [-0.25, -0.2) is 0 Å². The summed E-state index contributed by atoms with van der Waals surface area (Å²) in [7, 11) is 0. The molecule has 4 nitrogen and oxygen atoms in total. The Kier molecular flexibility index (Phi) is 2.93. The normalized spacial score (nSPS) is 22.3. The summed E-state index contributed by atoms with van der Waals surface area (Å²) in [5.41, 5.74) is 4.80. The summed E-state index contributed by atoms with van der Waals surface area (Å²) in [6, 6.07) is -0.453. The number of hydrogen-bond donors (Lipinski definition) is 2. The molecule has 1 saturated heterocycles. The molecule has 0 bridgehead atoms. The smallest absolute Gasteiger partial charge is 0.239 e. The van der Waals surface area contributed by atoms with E-state index in [9.17, 15) is 9.90 Å². The van der Waals surface area contributed by atoms with Gasteiger partial charge in [0.25, 0.3) is 0 Å². The van der Waals surface area contributed by atoms with Crippen LogP contribution in [-0.4, -0.2) is 40.6 Å². The molecule has 0 aromatic heterocycles. The van der Waals surface area contributed by atoms with Crippen LogP contribution in [0.1, 0.15) is 26.7 Å². The molecule has 1 amide bonds. The van der Waals surface area contributed by atoms with E-state index in [1.807, 2.05) is 6.92 Å². The Hall–Kier alpha value is -0.610. The van der Waals surface area contributed by atoms with Crippen molar-refractivity contribution in [2.75, 3.05) is 13.1 Å². The Morgan fingerprint density at radius 2 is 2.23 bits per heavy atom. The molecular formula is C9H18N2O2. The van der Waals surface area contributed by atoms with Crippen LogP contribution < -0.4 is 5.73 Å². The van der Waals surface area contributed by atoms with Crippen LogP contribution in [-0.2, 0) is 4.79 Å². The minimum Gasteiger partial charge on any atom is -0.386 e. The highest BCUT2D eigenvalue weighted by Gasteiger charge is 2.43. The van der Waals surface area contributed by atoms with E-state index >= 15 is 0 Å². The lowest BCUT2D eigenvalue weighted by molar-refractivity contribution is -0.157. The number of rotatable bonds is 3. The summed E-state index contributed by atoms with van der Waals surface area (Å²) in [5, 5.41) is 9.78. The molecule has 13 heavy (non-hydrogen) atoms. The number of nitrogens with two attached hydrogens (primary N) is 1. The summed E-state index contributed by atoms with van der Waals surface area (Å²) in [5.74, 6) is -0.0687. The molecule has 1 atom stereocenters. The Balaban J connectivity index is 2.36. The van der Waals surface area contributed by atoms with Gasteiger partial charge in [0.1, 0.15) is 0 Å². The monoisotopic (exact) mass is 186 g/mol. The van der Waals surface area contributed by atoms with E-state index in [2.05, 4.69) is 0 Å². The van der Waals surface area contributed by atoms with Crippen LogP contribution in [0.3, 0.4) is 0 Å². The molecule has 1 aliphatic rings. The molecule has 0 unspecified atom stereocenters. The van der Waals surface area contributed by atoms with Crippen molar-refractivity contribution in [1.29, 1.82) is 0 Å². The second-order valence-electron chi connectivity index (χ2n) is 3.96. The van der Waals surface area contributed by atoms with Crippen molar-refractivity contribution >= 4 is 5.91 Å². The molecule has 0 saturated carbocycles. The molecule has 0 aromatic rings. The predicted octanol–water partition coefficient (Wildman–Crippen LogP) is -0.293. The van der Waals surface area contributed by atoms with Crippen molar-refractivity contribution in [3.05, 3.63) is 0 Å². The largest absolute Gasteiger partial charge is 0.386 e. The van der Waals surface area contributed by atoms with E-state index in [0.717, 1.165) is 12.8 Å². The van der Waals surface area contributed by atoms with Crippen LogP contribution >= 0.6 is 0 Å². The van der Waals surface area contributed by atoms with Crippen molar-refractivity contribution in [2.45, 2.75) is 38.3 Å². The number of carbonyl (C=O) groups is 1. The summed E-state index contributed by atoms with van der Waals surface area (Å²) >= 11 is 0. The summed E-state index contributed by atoms with van der Waals surface area (Å²) in [4.78, 5) is 12.9. The fraction of sp³-hybridized carbons (Fsp3) is 0.889. The number of nitrogens with zero attached hydrogens (tertiary/aromatic N) is 1. The highest BCUT2D eigenvalue weighted by Crippen LogP contribution is 2.25. The molecule has 1 heterocycles. The zero-order chi connectivity index (χ0) is 10.1. The van der Waals surface area contributed by atoms with Gasteiger partial charge in [-0.05, 0) is 13.3 Å². The lowest BCUT2D eigenvalue weighted by Gasteiger charge is -2.47. The number of carbonyl (C=O) groups excluding carboxylic acids is 1. The van der Waals surface area contributed by atoms with Gasteiger partial charge in [-0.15, -0.1) is 0 Å². The van der Waals surface area contributed by atoms with E-state index in [1.54, 1.807) is 11.8 Å². The van der Waals surface area contributed by atoms with Crippen molar-refractivity contribution in [3.8, 4) is 0 Å². The van der Waals surface area contributed by atoms with Gasteiger partial charge in [0.2, 0.25) is 5.91 Å². The molecule has 0 spiro atoms. The average Bonchev–Trinajstić information content (AvgIpc) is 1.99. The Labute approximate surface area is 78.7 Å². The third-order valence-electron chi connectivity index (χ3n) is 2.39. The van der Waals surface area contributed by atoms with Crippen LogP contribution in [0.5, 0.6) is 0 Å². The van der Waals surface area contributed by atoms with Crippen molar-refractivity contribution in [2.24, 2.45) is 5.73 Å². The zero-order valence-corrected chi connectivity index (χ0v) is 8.29. The number of aliphatic hydroxyl groups is 1. The first-order valence-electron chi connectivity index (χ1n) is 4.75. The van der Waals surface area contributed by atoms with Crippen LogP contribution in [0.25, 0.3) is 0 Å². The Morgan fingerprint density at radius 3 is 2.62 bits per heavy atom. The molecule has 76 valence electrons. The maximum absolute atomic E-state index is 11.3. The maximum Gasteiger partial charge on any atom is 0.239 e. The predicted molar refractivity (Wildman–Crippen MR) is 50.1 cm³/mol. The number of β-amino-alcohol motifs (C(OH)–C–C–N with tert-alkyl or cyclic N) is 1. The van der Waals surface area contributed by atoms with E-state index in [0.29, 0.717) is 13.1 Å². The van der Waals surface area contributed by atoms with Crippen LogP contribution in [0.4, 0.5) is 0 Å². The van der Waals surface area contributed by atoms with Crippen LogP contribution in [0.2, 0.25) is 0 Å². The summed E-state index contributed by atoms with van der Waals surface area (Å²) < 4.78 is 0. The molecule has 0 aromatic carbocycles. The highest BCUT2D eigenvalue weighted by molar-refractivity contribution is 5.82. The number of amides is 1. The lowest BCUT2D eigenvalue weighted by atomic mass is 9.89. The number of likely N-dealkylation sites (tertiary alicyclic amines) is 1. The molecule has 0 aliphatic carbocycles. The quantitative estimate of drug-likeness (QED) is 0.636. The standard InChI is InChI=1S/C9H18N2O2/c1-3-4-9(13)5-11(6-9)8(12)7(2)10/h7,13H,3-6,10H2,1-2H3/t7-/m0/s1. The van der Waals surface area contributed by atoms with Crippen LogP contribution in [0.15, 0.2) is 0 Å². The van der Waals surface area contributed by atoms with Gasteiger partial charge in [0.15, 0.2) is 0 Å². The summed E-state index contributed by atoms with van der Waals surface area (Å²) in [6.45, 7) is 4.58. The topological polar surface area (TPSA) is 66.6 Å². The Morgan fingerprint density at radius 1 is 1.69 bits per heavy atom. The van der Waals surface area contributed by atoms with Crippen LogP contribution in [0, 0.1) is 0 Å². The second kappa shape index (κ2) is 3.64. The number of hydrogen-bond acceptors (Lipinski definition) is 3. The molecule has 1 rings (SSSR count). The van der Waals surface area contributed by atoms with E-state index in [-0.39, 0.29) is 5.91 Å². The molecule has 1 fully saturated rings. The van der Waals surface area contributed by atoms with Gasteiger partial charge >= 0.3 is 0 Å². The molecule has 0 radical (unpaired) electrons. The first kappa shape index (κ1) is 10.5. The lowest BCUT2D eigenvalue weighted by Crippen LogP contribution is -2.65. The van der Waals surface area contributed by atoms with Gasteiger partial charge in [0.05, 0.1) is 24.7 Å². The fourth-order valence-corrected chi connectivity index (χ4v) is 1.73. The van der Waals surface area contributed by atoms with Crippen molar-refractivity contribution in [3.63, 3.8) is 0 Å². The van der Waals surface area contributed by atoms with Crippen molar-refractivity contribution in [1.82, 2.24) is 4.90 Å². The van der Waals surface area contributed by atoms with Gasteiger partial charge in [-0.3, -0.25) is 4.79 Å². The van der Waals surface area contributed by atoms with E-state index in [1.165, 1.54) is 0 Å². The second-order valence-corrected chi connectivity index (χ2v) is 3.96. The first-order valence-corrected chi connectivity index (χ1v) is 4.75. The molecular weight excluding hydrogens is 168 g/mol. The Bertz CT molecular complexity index is 198. The third kappa shape index (κ3) is 2.19. The maximum atomic E-state index is 11.3. The zero-order valence-electron chi connectivity index (χ0n) is 8.29. The molecule has 4 heteroatoms. The minimum absolute atomic E-state index is 0.0687. The molecule has 1 aliphatic heterocycles. The van der Waals surface area contributed by atoms with Crippen molar-refractivity contribution < 1.29 is 9.90 Å². The minimum atomic E-state index is -0.640. The van der Waals surface area contributed by atoms with Gasteiger partial charge in [-0.1, -0.05) is 13.3 Å². The highest BCUT2D eigenvalue weighted by atomic mass is 16.3. The average molecular weight is 186 g/mol. The molecule has 3 N–H and O–H groups in total. The van der Waals surface area contributed by atoms with Gasteiger partial charge in [0, 0.05) is 0 Å².